The molecule has 3 rings (SSSR count). The second-order valence-corrected chi connectivity index (χ2v) is 6.90. The lowest BCUT2D eigenvalue weighted by Gasteiger charge is -2.13. The Kier molecular flexibility index (Phi) is 7.08. The van der Waals surface area contributed by atoms with Gasteiger partial charge in [-0.1, -0.05) is 0 Å². The highest BCUT2D eigenvalue weighted by atomic mass is 32.1. The first-order chi connectivity index (χ1) is 14.5. The molecule has 0 unspecified atom stereocenters. The number of benzene rings is 2. The smallest absolute Gasteiger partial charge is 0.342 e. The summed E-state index contributed by atoms with van der Waals surface area (Å²) in [6.45, 7) is 0.219. The summed E-state index contributed by atoms with van der Waals surface area (Å²) in [5.41, 5.74) is 0.802. The van der Waals surface area contributed by atoms with Crippen molar-refractivity contribution in [3.63, 3.8) is 0 Å². The first-order valence-electron chi connectivity index (χ1n) is 8.82. The van der Waals surface area contributed by atoms with Crippen LogP contribution in [0.4, 0.5) is 4.39 Å². The van der Waals surface area contributed by atoms with Crippen molar-refractivity contribution in [2.24, 2.45) is 0 Å². The first kappa shape index (κ1) is 21.4. The molecule has 7 nitrogen and oxygen atoms in total. The van der Waals surface area contributed by atoms with Crippen molar-refractivity contribution in [3.05, 3.63) is 63.9 Å². The third-order valence-electron chi connectivity index (χ3n) is 4.05. The number of aromatic nitrogens is 1. The van der Waals surface area contributed by atoms with Crippen molar-refractivity contribution in [2.45, 2.75) is 13.2 Å². The van der Waals surface area contributed by atoms with Crippen LogP contribution in [0, 0.1) is 5.82 Å². The number of carbonyl (C=O) groups is 1. The number of methoxy groups -OCH3 is 3. The Hall–Kier alpha value is -3.33. The number of thiazole rings is 1. The van der Waals surface area contributed by atoms with Crippen molar-refractivity contribution in [1.82, 2.24) is 4.98 Å². The minimum Gasteiger partial charge on any atom is -0.496 e. The van der Waals surface area contributed by atoms with E-state index in [1.807, 2.05) is 0 Å². The highest BCUT2D eigenvalue weighted by molar-refractivity contribution is 7.09. The van der Waals surface area contributed by atoms with Gasteiger partial charge in [-0.3, -0.25) is 0 Å². The SMILES string of the molecule is COc1cc(OC)c(C(=O)OCc2csc(COc3ccc(F)cc3)n2)cc1OC. The first-order valence-corrected chi connectivity index (χ1v) is 9.70. The fourth-order valence-corrected chi connectivity index (χ4v) is 3.25. The van der Waals surface area contributed by atoms with Crippen LogP contribution < -0.4 is 18.9 Å². The molecule has 0 bridgehead atoms. The quantitative estimate of drug-likeness (QED) is 0.467. The normalized spacial score (nSPS) is 10.4. The molecule has 0 saturated heterocycles. The second kappa shape index (κ2) is 9.93. The summed E-state index contributed by atoms with van der Waals surface area (Å²) in [5, 5.41) is 2.48. The fraction of sp³-hybridized carbons (Fsp3) is 0.238. The molecule has 0 aliphatic rings. The summed E-state index contributed by atoms with van der Waals surface area (Å²) < 4.78 is 39.5. The van der Waals surface area contributed by atoms with Gasteiger partial charge in [0, 0.05) is 17.5 Å². The Morgan fingerprint density at radius 2 is 1.63 bits per heavy atom. The van der Waals surface area contributed by atoms with Gasteiger partial charge in [0.1, 0.15) is 41.1 Å². The van der Waals surface area contributed by atoms with Gasteiger partial charge in [-0.15, -0.1) is 11.3 Å². The van der Waals surface area contributed by atoms with Crippen LogP contribution >= 0.6 is 11.3 Å². The molecule has 0 aliphatic heterocycles. The zero-order valence-corrected chi connectivity index (χ0v) is 17.5. The second-order valence-electron chi connectivity index (χ2n) is 5.96. The maximum absolute atomic E-state index is 12.9. The van der Waals surface area contributed by atoms with Crippen molar-refractivity contribution >= 4 is 17.3 Å². The van der Waals surface area contributed by atoms with E-state index in [2.05, 4.69) is 4.98 Å². The van der Waals surface area contributed by atoms with Crippen molar-refractivity contribution < 1.29 is 32.9 Å². The molecule has 0 radical (unpaired) electrons. The molecular weight excluding hydrogens is 413 g/mol. The molecule has 30 heavy (non-hydrogen) atoms. The molecule has 0 N–H and O–H groups in total. The number of rotatable bonds is 9. The lowest BCUT2D eigenvalue weighted by molar-refractivity contribution is 0.0464. The maximum Gasteiger partial charge on any atom is 0.342 e. The average Bonchev–Trinajstić information content (AvgIpc) is 3.23. The van der Waals surface area contributed by atoms with Crippen LogP contribution in [0.5, 0.6) is 23.0 Å². The molecule has 1 heterocycles. The van der Waals surface area contributed by atoms with E-state index in [0.29, 0.717) is 33.7 Å². The molecule has 3 aromatic rings. The molecule has 0 aliphatic carbocycles. The number of esters is 1. The van der Waals surface area contributed by atoms with Crippen LogP contribution in [0.15, 0.2) is 41.8 Å². The van der Waals surface area contributed by atoms with Crippen LogP contribution in [0.1, 0.15) is 21.1 Å². The van der Waals surface area contributed by atoms with E-state index in [0.717, 1.165) is 0 Å². The molecule has 0 fully saturated rings. The number of nitrogens with zero attached hydrogens (tertiary/aromatic N) is 1. The van der Waals surface area contributed by atoms with Gasteiger partial charge in [-0.05, 0) is 24.3 Å². The van der Waals surface area contributed by atoms with Gasteiger partial charge in [0.25, 0.3) is 0 Å². The topological polar surface area (TPSA) is 76.1 Å². The number of hydrogen-bond donors (Lipinski definition) is 0. The van der Waals surface area contributed by atoms with E-state index in [9.17, 15) is 9.18 Å². The molecule has 0 atom stereocenters. The number of hydrogen-bond acceptors (Lipinski definition) is 8. The molecule has 0 spiro atoms. The summed E-state index contributed by atoms with van der Waals surface area (Å²) >= 11 is 1.38. The Balaban J connectivity index is 1.60. The van der Waals surface area contributed by atoms with Crippen LogP contribution in [0.3, 0.4) is 0 Å². The van der Waals surface area contributed by atoms with Crippen molar-refractivity contribution in [2.75, 3.05) is 21.3 Å². The number of ether oxygens (including phenoxy) is 5. The zero-order valence-electron chi connectivity index (χ0n) is 16.6. The molecule has 9 heteroatoms. The van der Waals surface area contributed by atoms with Crippen LogP contribution in [0.25, 0.3) is 0 Å². The Morgan fingerprint density at radius 1 is 0.967 bits per heavy atom. The highest BCUT2D eigenvalue weighted by Gasteiger charge is 2.19. The Morgan fingerprint density at radius 3 is 2.30 bits per heavy atom. The fourth-order valence-electron chi connectivity index (χ4n) is 2.56. The van der Waals surface area contributed by atoms with Crippen LogP contribution in [-0.2, 0) is 18.0 Å². The molecule has 0 saturated carbocycles. The minimum absolute atomic E-state index is 0.0105. The molecular formula is C21H20FNO6S. The van der Waals surface area contributed by atoms with E-state index in [1.54, 1.807) is 23.6 Å². The van der Waals surface area contributed by atoms with Crippen LogP contribution in [0.2, 0.25) is 0 Å². The largest absolute Gasteiger partial charge is 0.496 e. The lowest BCUT2D eigenvalue weighted by atomic mass is 10.1. The lowest BCUT2D eigenvalue weighted by Crippen LogP contribution is -2.08. The zero-order chi connectivity index (χ0) is 21.5. The summed E-state index contributed by atoms with van der Waals surface area (Å²) in [6, 6.07) is 8.80. The van der Waals surface area contributed by atoms with Gasteiger partial charge < -0.3 is 23.7 Å². The van der Waals surface area contributed by atoms with Gasteiger partial charge >= 0.3 is 5.97 Å². The summed E-state index contributed by atoms with van der Waals surface area (Å²) in [4.78, 5) is 16.9. The summed E-state index contributed by atoms with van der Waals surface area (Å²) in [7, 11) is 4.42. The van der Waals surface area contributed by atoms with E-state index in [4.69, 9.17) is 23.7 Å². The maximum atomic E-state index is 12.9. The monoisotopic (exact) mass is 433 g/mol. The third kappa shape index (κ3) is 5.18. The van der Waals surface area contributed by atoms with Crippen molar-refractivity contribution in [3.8, 4) is 23.0 Å². The Labute approximate surface area is 176 Å². The average molecular weight is 433 g/mol. The Bertz CT molecular complexity index is 1010. The van der Waals surface area contributed by atoms with E-state index in [1.165, 1.54) is 50.9 Å². The van der Waals surface area contributed by atoms with Gasteiger partial charge in [-0.2, -0.15) is 0 Å². The molecule has 1 aromatic heterocycles. The van der Waals surface area contributed by atoms with Gasteiger partial charge in [0.05, 0.1) is 27.0 Å². The minimum atomic E-state index is -0.579. The summed E-state index contributed by atoms with van der Waals surface area (Å²) in [6.07, 6.45) is 0. The highest BCUT2D eigenvalue weighted by Crippen LogP contribution is 2.35. The van der Waals surface area contributed by atoms with E-state index in [-0.39, 0.29) is 24.6 Å². The predicted molar refractivity (Wildman–Crippen MR) is 108 cm³/mol. The van der Waals surface area contributed by atoms with Gasteiger partial charge in [-0.25, -0.2) is 14.2 Å². The molecule has 158 valence electrons. The van der Waals surface area contributed by atoms with E-state index >= 15 is 0 Å². The molecule has 2 aromatic carbocycles. The predicted octanol–water partition coefficient (Wildman–Crippen LogP) is 4.24. The molecule has 0 amide bonds. The van der Waals surface area contributed by atoms with Crippen molar-refractivity contribution in [1.29, 1.82) is 0 Å². The van der Waals surface area contributed by atoms with Gasteiger partial charge in [0.2, 0.25) is 0 Å². The van der Waals surface area contributed by atoms with Gasteiger partial charge in [0.15, 0.2) is 11.5 Å². The number of carbonyl (C=O) groups excluding carboxylic acids is 1. The van der Waals surface area contributed by atoms with Crippen LogP contribution in [-0.4, -0.2) is 32.3 Å². The standard InChI is InChI=1S/C21H20FNO6S/c1-25-17-9-19(27-3)18(26-2)8-16(17)21(24)29-10-14-12-30-20(23-14)11-28-15-6-4-13(22)5-7-15/h4-9,12H,10-11H2,1-3H3. The third-order valence-corrected chi connectivity index (χ3v) is 4.92. The van der Waals surface area contributed by atoms with E-state index < -0.39 is 5.97 Å². The summed E-state index contributed by atoms with van der Waals surface area (Å²) in [5.74, 6) is 0.775. The number of halogens is 1.